The van der Waals surface area contributed by atoms with E-state index in [-0.39, 0.29) is 17.5 Å². The first-order chi connectivity index (χ1) is 14.1. The van der Waals surface area contributed by atoms with Crippen LogP contribution in [-0.2, 0) is 0 Å². The number of hydrogen-bond donors (Lipinski definition) is 3. The summed E-state index contributed by atoms with van der Waals surface area (Å²) in [6.07, 6.45) is 3.94. The van der Waals surface area contributed by atoms with E-state index in [4.69, 9.17) is 9.84 Å². The Labute approximate surface area is 168 Å². The molecule has 0 radical (unpaired) electrons. The van der Waals surface area contributed by atoms with Crippen LogP contribution in [0.5, 0.6) is 5.88 Å². The molecule has 1 saturated heterocycles. The standard InChI is InChI=1S/C19H23N7O3/c1-2-7-21-16-4-3-13(11-22-16)25-17-15(10-20)18(24-12-23-17)29-14-5-8-26(9-6-14)19(27)28/h3-4,11-12,14H,2,5-9H2,1H3,(H,21,22)(H,27,28)(H,23,24,25). The molecule has 0 aromatic carbocycles. The average molecular weight is 397 g/mol. The Morgan fingerprint density at radius 2 is 2.14 bits per heavy atom. The number of anilines is 3. The van der Waals surface area contributed by atoms with Crippen LogP contribution in [0, 0.1) is 11.3 Å². The van der Waals surface area contributed by atoms with Crippen LogP contribution in [0.3, 0.4) is 0 Å². The molecule has 10 nitrogen and oxygen atoms in total. The minimum atomic E-state index is -0.931. The lowest BCUT2D eigenvalue weighted by Gasteiger charge is -2.30. The molecule has 2 aromatic rings. The highest BCUT2D eigenvalue weighted by Crippen LogP contribution is 2.26. The molecular weight excluding hydrogens is 374 g/mol. The largest absolute Gasteiger partial charge is 0.473 e. The molecule has 3 rings (SSSR count). The zero-order valence-electron chi connectivity index (χ0n) is 16.1. The second-order valence-corrected chi connectivity index (χ2v) is 6.58. The number of pyridine rings is 1. The van der Waals surface area contributed by atoms with Crippen LogP contribution in [0.15, 0.2) is 24.7 Å². The number of nitrogens with zero attached hydrogens (tertiary/aromatic N) is 5. The Morgan fingerprint density at radius 3 is 2.76 bits per heavy atom. The first kappa shape index (κ1) is 20.1. The molecule has 0 unspecified atom stereocenters. The summed E-state index contributed by atoms with van der Waals surface area (Å²) in [5, 5.41) is 24.9. The number of amides is 1. The number of ether oxygens (including phenoxy) is 1. The van der Waals surface area contributed by atoms with Gasteiger partial charge in [0.1, 0.15) is 24.3 Å². The van der Waals surface area contributed by atoms with Gasteiger partial charge in [-0.3, -0.25) is 0 Å². The smallest absolute Gasteiger partial charge is 0.407 e. The third-order valence-electron chi connectivity index (χ3n) is 4.50. The van der Waals surface area contributed by atoms with Gasteiger partial charge in [0.2, 0.25) is 5.88 Å². The van der Waals surface area contributed by atoms with E-state index >= 15 is 0 Å². The van der Waals surface area contributed by atoms with Crippen molar-refractivity contribution in [2.75, 3.05) is 30.3 Å². The third kappa shape index (κ3) is 5.22. The molecule has 0 saturated carbocycles. The van der Waals surface area contributed by atoms with Crippen LogP contribution in [-0.4, -0.2) is 56.8 Å². The van der Waals surface area contributed by atoms with Gasteiger partial charge < -0.3 is 25.4 Å². The highest BCUT2D eigenvalue weighted by atomic mass is 16.5. The summed E-state index contributed by atoms with van der Waals surface area (Å²) in [5.41, 5.74) is 0.879. The summed E-state index contributed by atoms with van der Waals surface area (Å²) >= 11 is 0. The van der Waals surface area contributed by atoms with E-state index in [1.165, 1.54) is 11.2 Å². The molecule has 29 heavy (non-hydrogen) atoms. The van der Waals surface area contributed by atoms with Crippen molar-refractivity contribution in [3.05, 3.63) is 30.2 Å². The number of aromatic nitrogens is 3. The molecule has 1 amide bonds. The number of rotatable bonds is 7. The van der Waals surface area contributed by atoms with Crippen LogP contribution in [0.4, 0.5) is 22.1 Å². The minimum absolute atomic E-state index is 0.188. The van der Waals surface area contributed by atoms with E-state index < -0.39 is 6.09 Å². The number of nitriles is 1. The van der Waals surface area contributed by atoms with Crippen molar-refractivity contribution in [3.63, 3.8) is 0 Å². The van der Waals surface area contributed by atoms with Crippen LogP contribution in [0.1, 0.15) is 31.7 Å². The third-order valence-corrected chi connectivity index (χ3v) is 4.50. The predicted molar refractivity (Wildman–Crippen MR) is 106 cm³/mol. The highest BCUT2D eigenvalue weighted by Gasteiger charge is 2.25. The average Bonchev–Trinajstić information content (AvgIpc) is 2.74. The van der Waals surface area contributed by atoms with Crippen LogP contribution >= 0.6 is 0 Å². The molecule has 3 N–H and O–H groups in total. The molecule has 2 aromatic heterocycles. The Morgan fingerprint density at radius 1 is 1.34 bits per heavy atom. The van der Waals surface area contributed by atoms with Crippen molar-refractivity contribution >= 4 is 23.4 Å². The van der Waals surface area contributed by atoms with Crippen molar-refractivity contribution in [1.29, 1.82) is 5.26 Å². The second kappa shape index (κ2) is 9.54. The van der Waals surface area contributed by atoms with E-state index in [2.05, 4.69) is 38.6 Å². The first-order valence-electron chi connectivity index (χ1n) is 9.47. The maximum absolute atomic E-state index is 11.0. The van der Waals surface area contributed by atoms with Crippen LogP contribution in [0.2, 0.25) is 0 Å². The maximum Gasteiger partial charge on any atom is 0.407 e. The monoisotopic (exact) mass is 397 g/mol. The van der Waals surface area contributed by atoms with Gasteiger partial charge in [-0.2, -0.15) is 5.26 Å². The van der Waals surface area contributed by atoms with Gasteiger partial charge in [0.25, 0.3) is 0 Å². The lowest BCUT2D eigenvalue weighted by molar-refractivity contribution is 0.0869. The Bertz CT molecular complexity index is 874. The van der Waals surface area contributed by atoms with Crippen molar-refractivity contribution in [3.8, 4) is 11.9 Å². The minimum Gasteiger partial charge on any atom is -0.473 e. The highest BCUT2D eigenvalue weighted by molar-refractivity contribution is 5.65. The lowest BCUT2D eigenvalue weighted by Crippen LogP contribution is -2.41. The number of carbonyl (C=O) groups is 1. The van der Waals surface area contributed by atoms with Crippen molar-refractivity contribution in [1.82, 2.24) is 19.9 Å². The van der Waals surface area contributed by atoms with Gasteiger partial charge in [0.15, 0.2) is 11.4 Å². The molecule has 1 aliphatic rings. The summed E-state index contributed by atoms with van der Waals surface area (Å²) in [5.74, 6) is 1.29. The lowest BCUT2D eigenvalue weighted by atomic mass is 10.1. The molecule has 152 valence electrons. The molecule has 0 bridgehead atoms. The van der Waals surface area contributed by atoms with Gasteiger partial charge in [-0.25, -0.2) is 19.7 Å². The molecule has 0 spiro atoms. The van der Waals surface area contributed by atoms with E-state index in [1.807, 2.05) is 12.1 Å². The van der Waals surface area contributed by atoms with Gasteiger partial charge in [0.05, 0.1) is 11.9 Å². The number of nitrogens with one attached hydrogen (secondary N) is 2. The van der Waals surface area contributed by atoms with Crippen molar-refractivity contribution < 1.29 is 14.6 Å². The molecule has 3 heterocycles. The number of piperidine rings is 1. The summed E-state index contributed by atoms with van der Waals surface area (Å²) in [4.78, 5) is 24.9. The van der Waals surface area contributed by atoms with E-state index in [1.54, 1.807) is 6.20 Å². The Balaban J connectivity index is 1.68. The molecular formula is C19H23N7O3. The van der Waals surface area contributed by atoms with Gasteiger partial charge in [-0.05, 0) is 18.6 Å². The quantitative estimate of drug-likeness (QED) is 0.644. The molecule has 10 heteroatoms. The fraction of sp³-hybridized carbons (Fsp3) is 0.421. The van der Waals surface area contributed by atoms with Crippen LogP contribution < -0.4 is 15.4 Å². The number of carboxylic acid groups (broad SMARTS) is 1. The SMILES string of the molecule is CCCNc1ccc(Nc2ncnc(OC3CCN(C(=O)O)CC3)c2C#N)cn1. The molecule has 0 aliphatic carbocycles. The summed E-state index contributed by atoms with van der Waals surface area (Å²) in [7, 11) is 0. The number of likely N-dealkylation sites (tertiary alicyclic amines) is 1. The normalized spacial score (nSPS) is 14.1. The Kier molecular flexibility index (Phi) is 6.63. The molecule has 1 aliphatic heterocycles. The zero-order valence-corrected chi connectivity index (χ0v) is 16.1. The molecule has 0 atom stereocenters. The van der Waals surface area contributed by atoms with E-state index in [0.29, 0.717) is 37.4 Å². The van der Waals surface area contributed by atoms with Gasteiger partial charge in [-0.15, -0.1) is 0 Å². The predicted octanol–water partition coefficient (Wildman–Crippen LogP) is 2.83. The summed E-state index contributed by atoms with van der Waals surface area (Å²) in [6, 6.07) is 5.78. The van der Waals surface area contributed by atoms with Crippen LogP contribution in [0.25, 0.3) is 0 Å². The van der Waals surface area contributed by atoms with E-state index in [0.717, 1.165) is 18.8 Å². The van der Waals surface area contributed by atoms with Gasteiger partial charge >= 0.3 is 6.09 Å². The second-order valence-electron chi connectivity index (χ2n) is 6.58. The van der Waals surface area contributed by atoms with Gasteiger partial charge in [0, 0.05) is 32.5 Å². The maximum atomic E-state index is 11.0. The first-order valence-corrected chi connectivity index (χ1v) is 9.47. The zero-order chi connectivity index (χ0) is 20.6. The topological polar surface area (TPSA) is 136 Å². The van der Waals surface area contributed by atoms with Gasteiger partial charge in [-0.1, -0.05) is 6.92 Å². The van der Waals surface area contributed by atoms with Crippen molar-refractivity contribution in [2.45, 2.75) is 32.3 Å². The molecule has 1 fully saturated rings. The summed E-state index contributed by atoms with van der Waals surface area (Å²) in [6.45, 7) is 3.71. The number of hydrogen-bond acceptors (Lipinski definition) is 8. The van der Waals surface area contributed by atoms with Crippen molar-refractivity contribution in [2.24, 2.45) is 0 Å². The fourth-order valence-corrected chi connectivity index (χ4v) is 2.94. The fourth-order valence-electron chi connectivity index (χ4n) is 2.94. The Hall–Kier alpha value is -3.61. The summed E-state index contributed by atoms with van der Waals surface area (Å²) < 4.78 is 5.89. The van der Waals surface area contributed by atoms with E-state index in [9.17, 15) is 10.1 Å².